The lowest BCUT2D eigenvalue weighted by atomic mass is 10.1. The first-order valence-corrected chi connectivity index (χ1v) is 8.02. The number of carbonyl (C=O) groups excluding carboxylic acids is 1. The van der Waals surface area contributed by atoms with Gasteiger partial charge in [0.2, 0.25) is 0 Å². The molecule has 120 valence electrons. The van der Waals surface area contributed by atoms with Crippen LogP contribution >= 0.6 is 11.6 Å². The second-order valence-electron chi connectivity index (χ2n) is 5.71. The SMILES string of the molecule is NC1CCN(C(=O)c2ccccc2OCc2ccc(Cl)cc2)C1. The first kappa shape index (κ1) is 15.8. The Morgan fingerprint density at radius 2 is 1.96 bits per heavy atom. The number of ether oxygens (including phenoxy) is 1. The summed E-state index contributed by atoms with van der Waals surface area (Å²) >= 11 is 5.88. The smallest absolute Gasteiger partial charge is 0.257 e. The fraction of sp³-hybridized carbons (Fsp3) is 0.278. The number of likely N-dealkylation sites (tertiary alicyclic amines) is 1. The van der Waals surface area contributed by atoms with Gasteiger partial charge in [0.15, 0.2) is 0 Å². The van der Waals surface area contributed by atoms with Crippen molar-refractivity contribution in [2.75, 3.05) is 13.1 Å². The number of nitrogens with zero attached hydrogens (tertiary/aromatic N) is 1. The van der Waals surface area contributed by atoms with Crippen LogP contribution in [0.15, 0.2) is 48.5 Å². The highest BCUT2D eigenvalue weighted by molar-refractivity contribution is 6.30. The zero-order valence-corrected chi connectivity index (χ0v) is 13.5. The molecule has 0 saturated carbocycles. The number of rotatable bonds is 4. The minimum Gasteiger partial charge on any atom is -0.488 e. The molecule has 4 nitrogen and oxygen atoms in total. The van der Waals surface area contributed by atoms with Crippen LogP contribution in [-0.2, 0) is 6.61 Å². The maximum atomic E-state index is 12.6. The Kier molecular flexibility index (Phi) is 4.84. The van der Waals surface area contributed by atoms with Crippen molar-refractivity contribution < 1.29 is 9.53 Å². The lowest BCUT2D eigenvalue weighted by molar-refractivity contribution is 0.0786. The Balaban J connectivity index is 1.72. The van der Waals surface area contributed by atoms with Crippen molar-refractivity contribution in [1.29, 1.82) is 0 Å². The zero-order valence-electron chi connectivity index (χ0n) is 12.7. The van der Waals surface area contributed by atoms with Crippen LogP contribution in [0.1, 0.15) is 22.3 Å². The van der Waals surface area contributed by atoms with Crippen LogP contribution in [0, 0.1) is 0 Å². The third-order valence-corrected chi connectivity index (χ3v) is 4.19. The minimum atomic E-state index is -0.0235. The van der Waals surface area contributed by atoms with Gasteiger partial charge >= 0.3 is 0 Å². The predicted octanol–water partition coefficient (Wildman–Crippen LogP) is 3.09. The van der Waals surface area contributed by atoms with Crippen LogP contribution in [0.4, 0.5) is 0 Å². The average Bonchev–Trinajstić information content (AvgIpc) is 3.00. The molecule has 1 heterocycles. The Morgan fingerprint density at radius 1 is 1.22 bits per heavy atom. The number of para-hydroxylation sites is 1. The normalized spacial score (nSPS) is 17.3. The van der Waals surface area contributed by atoms with Crippen molar-refractivity contribution in [2.24, 2.45) is 5.73 Å². The molecule has 0 radical (unpaired) electrons. The second-order valence-corrected chi connectivity index (χ2v) is 6.15. The molecule has 0 aliphatic carbocycles. The molecule has 1 amide bonds. The molecule has 1 unspecified atom stereocenters. The highest BCUT2D eigenvalue weighted by Crippen LogP contribution is 2.23. The van der Waals surface area contributed by atoms with E-state index in [1.165, 1.54) is 0 Å². The molecule has 1 saturated heterocycles. The molecular formula is C18H19ClN2O2. The van der Waals surface area contributed by atoms with E-state index in [0.29, 0.717) is 36.0 Å². The van der Waals surface area contributed by atoms with E-state index in [-0.39, 0.29) is 11.9 Å². The molecule has 2 aromatic rings. The molecule has 0 aromatic heterocycles. The van der Waals surface area contributed by atoms with Gasteiger partial charge in [0.25, 0.3) is 5.91 Å². The lowest BCUT2D eigenvalue weighted by Crippen LogP contribution is -2.32. The summed E-state index contributed by atoms with van der Waals surface area (Å²) in [7, 11) is 0. The topological polar surface area (TPSA) is 55.6 Å². The number of carbonyl (C=O) groups is 1. The van der Waals surface area contributed by atoms with Gasteiger partial charge in [-0.3, -0.25) is 4.79 Å². The molecule has 5 heteroatoms. The van der Waals surface area contributed by atoms with Crippen molar-refractivity contribution in [3.8, 4) is 5.75 Å². The van der Waals surface area contributed by atoms with Crippen molar-refractivity contribution >= 4 is 17.5 Å². The molecular weight excluding hydrogens is 312 g/mol. The first-order chi connectivity index (χ1) is 11.1. The minimum absolute atomic E-state index is 0.0235. The second kappa shape index (κ2) is 7.02. The zero-order chi connectivity index (χ0) is 16.2. The van der Waals surface area contributed by atoms with Gasteiger partial charge in [-0.15, -0.1) is 0 Å². The van der Waals surface area contributed by atoms with Crippen LogP contribution in [0.5, 0.6) is 5.75 Å². The Morgan fingerprint density at radius 3 is 2.65 bits per heavy atom. The van der Waals surface area contributed by atoms with Gasteiger partial charge in [0, 0.05) is 24.2 Å². The molecule has 23 heavy (non-hydrogen) atoms. The van der Waals surface area contributed by atoms with Gasteiger partial charge in [-0.2, -0.15) is 0 Å². The number of amides is 1. The van der Waals surface area contributed by atoms with Crippen LogP contribution < -0.4 is 10.5 Å². The third-order valence-electron chi connectivity index (χ3n) is 3.94. The Labute approximate surface area is 140 Å². The highest BCUT2D eigenvalue weighted by atomic mass is 35.5. The van der Waals surface area contributed by atoms with E-state index in [0.717, 1.165) is 12.0 Å². The van der Waals surface area contributed by atoms with Gasteiger partial charge in [0.05, 0.1) is 5.56 Å². The molecule has 2 N–H and O–H groups in total. The molecule has 1 aliphatic heterocycles. The Bertz CT molecular complexity index is 688. The molecule has 0 bridgehead atoms. The number of nitrogens with two attached hydrogens (primary N) is 1. The molecule has 0 spiro atoms. The fourth-order valence-corrected chi connectivity index (χ4v) is 2.78. The number of hydrogen-bond donors (Lipinski definition) is 1. The van der Waals surface area contributed by atoms with E-state index in [9.17, 15) is 4.79 Å². The summed E-state index contributed by atoms with van der Waals surface area (Å²) in [5, 5.41) is 0.690. The molecule has 1 aliphatic rings. The van der Waals surface area contributed by atoms with Gasteiger partial charge < -0.3 is 15.4 Å². The maximum absolute atomic E-state index is 12.6. The van der Waals surface area contributed by atoms with Gasteiger partial charge in [0.1, 0.15) is 12.4 Å². The van der Waals surface area contributed by atoms with Gasteiger partial charge in [-0.25, -0.2) is 0 Å². The summed E-state index contributed by atoms with van der Waals surface area (Å²) in [5.41, 5.74) is 7.47. The first-order valence-electron chi connectivity index (χ1n) is 7.64. The Hall–Kier alpha value is -2.04. The number of benzene rings is 2. The third kappa shape index (κ3) is 3.84. The molecule has 1 fully saturated rings. The summed E-state index contributed by atoms with van der Waals surface area (Å²) in [5.74, 6) is 0.567. The molecule has 1 atom stereocenters. The van der Waals surface area contributed by atoms with Crippen molar-refractivity contribution in [3.63, 3.8) is 0 Å². The van der Waals surface area contributed by atoms with Crippen LogP contribution in [0.25, 0.3) is 0 Å². The summed E-state index contributed by atoms with van der Waals surface area (Å²) in [6.07, 6.45) is 0.847. The standard InChI is InChI=1S/C18H19ClN2O2/c19-14-7-5-13(6-8-14)12-23-17-4-2-1-3-16(17)18(22)21-10-9-15(20)11-21/h1-8,15H,9-12,20H2. The van der Waals surface area contributed by atoms with E-state index in [4.69, 9.17) is 22.1 Å². The molecule has 3 rings (SSSR count). The summed E-state index contributed by atoms with van der Waals surface area (Å²) in [6, 6.07) is 14.9. The van der Waals surface area contributed by atoms with Crippen LogP contribution in [-0.4, -0.2) is 29.9 Å². The van der Waals surface area contributed by atoms with Crippen LogP contribution in [0.3, 0.4) is 0 Å². The van der Waals surface area contributed by atoms with Gasteiger partial charge in [-0.05, 0) is 36.2 Å². The lowest BCUT2D eigenvalue weighted by Gasteiger charge is -2.18. The van der Waals surface area contributed by atoms with E-state index in [1.807, 2.05) is 42.5 Å². The van der Waals surface area contributed by atoms with E-state index >= 15 is 0 Å². The number of hydrogen-bond acceptors (Lipinski definition) is 3. The fourth-order valence-electron chi connectivity index (χ4n) is 2.65. The van der Waals surface area contributed by atoms with E-state index in [2.05, 4.69) is 0 Å². The monoisotopic (exact) mass is 330 g/mol. The summed E-state index contributed by atoms with van der Waals surface area (Å²) in [4.78, 5) is 14.4. The number of halogens is 1. The quantitative estimate of drug-likeness (QED) is 0.937. The summed E-state index contributed by atoms with van der Waals surface area (Å²) in [6.45, 7) is 1.69. The highest BCUT2D eigenvalue weighted by Gasteiger charge is 2.26. The van der Waals surface area contributed by atoms with E-state index < -0.39 is 0 Å². The largest absolute Gasteiger partial charge is 0.488 e. The van der Waals surface area contributed by atoms with Crippen molar-refractivity contribution in [1.82, 2.24) is 4.90 Å². The van der Waals surface area contributed by atoms with Crippen LogP contribution in [0.2, 0.25) is 5.02 Å². The predicted molar refractivity (Wildman–Crippen MR) is 90.7 cm³/mol. The maximum Gasteiger partial charge on any atom is 0.257 e. The average molecular weight is 331 g/mol. The summed E-state index contributed by atoms with van der Waals surface area (Å²) < 4.78 is 5.85. The molecule has 2 aromatic carbocycles. The van der Waals surface area contributed by atoms with E-state index in [1.54, 1.807) is 11.0 Å². The van der Waals surface area contributed by atoms with Gasteiger partial charge in [-0.1, -0.05) is 35.9 Å². The van der Waals surface area contributed by atoms with Crippen molar-refractivity contribution in [2.45, 2.75) is 19.1 Å². The van der Waals surface area contributed by atoms with Crippen molar-refractivity contribution in [3.05, 3.63) is 64.7 Å².